The Morgan fingerprint density at radius 2 is 2.00 bits per heavy atom. The average Bonchev–Trinajstić information content (AvgIpc) is 2.38. The first kappa shape index (κ1) is 12.5. The van der Waals surface area contributed by atoms with Crippen molar-refractivity contribution in [1.82, 2.24) is 4.98 Å². The van der Waals surface area contributed by atoms with Gasteiger partial charge in [0.05, 0.1) is 6.61 Å². The second-order valence-corrected chi connectivity index (χ2v) is 3.87. The van der Waals surface area contributed by atoms with Crippen molar-refractivity contribution in [3.8, 4) is 0 Å². The highest BCUT2D eigenvalue weighted by molar-refractivity contribution is 5.60. The zero-order chi connectivity index (χ0) is 12.8. The van der Waals surface area contributed by atoms with Crippen LogP contribution in [0.3, 0.4) is 0 Å². The van der Waals surface area contributed by atoms with Gasteiger partial charge in [-0.15, -0.1) is 0 Å². The van der Waals surface area contributed by atoms with Crippen molar-refractivity contribution in [3.63, 3.8) is 0 Å². The predicted octanol–water partition coefficient (Wildman–Crippen LogP) is 3.15. The fourth-order valence-corrected chi connectivity index (χ4v) is 1.69. The Bertz CT molecular complexity index is 517. The Kier molecular flexibility index (Phi) is 4.25. The number of hydrogen-bond donors (Lipinski definition) is 1. The van der Waals surface area contributed by atoms with Crippen LogP contribution in [0, 0.1) is 5.95 Å². The number of ether oxygens (including phenoxy) is 1. The van der Waals surface area contributed by atoms with Gasteiger partial charge in [-0.25, -0.2) is 4.98 Å². The van der Waals surface area contributed by atoms with Crippen molar-refractivity contribution < 1.29 is 9.13 Å². The van der Waals surface area contributed by atoms with E-state index in [1.807, 2.05) is 24.3 Å². The van der Waals surface area contributed by atoms with E-state index < -0.39 is 5.95 Å². The first-order valence-electron chi connectivity index (χ1n) is 5.76. The highest BCUT2D eigenvalue weighted by Crippen LogP contribution is 2.20. The van der Waals surface area contributed by atoms with Crippen LogP contribution in [-0.4, -0.2) is 18.7 Å². The number of aromatic nitrogens is 1. The molecule has 0 aliphatic carbocycles. The second kappa shape index (κ2) is 6.12. The summed E-state index contributed by atoms with van der Waals surface area (Å²) in [5.41, 5.74) is 2.04. The molecule has 4 heteroatoms. The number of methoxy groups -OCH3 is 1. The predicted molar refractivity (Wildman–Crippen MR) is 69.5 cm³/mol. The highest BCUT2D eigenvalue weighted by Gasteiger charge is 2.03. The van der Waals surface area contributed by atoms with Gasteiger partial charge < -0.3 is 10.1 Å². The summed E-state index contributed by atoms with van der Waals surface area (Å²) in [6, 6.07) is 12.5. The van der Waals surface area contributed by atoms with Gasteiger partial charge in [-0.2, -0.15) is 4.39 Å². The molecule has 0 radical (unpaired) electrons. The van der Waals surface area contributed by atoms with E-state index >= 15 is 0 Å². The van der Waals surface area contributed by atoms with Crippen molar-refractivity contribution >= 4 is 11.5 Å². The molecular weight excluding hydrogens is 231 g/mol. The Balaban J connectivity index is 2.17. The maximum Gasteiger partial charge on any atom is 0.214 e. The summed E-state index contributed by atoms with van der Waals surface area (Å²) in [6.07, 6.45) is 0.801. The minimum atomic E-state index is -0.491. The molecule has 1 N–H and O–H groups in total. The quantitative estimate of drug-likeness (QED) is 0.823. The van der Waals surface area contributed by atoms with Crippen LogP contribution in [0.2, 0.25) is 0 Å². The SMILES string of the molecule is COCCc1ccccc1Nc1cccc(F)n1. The third kappa shape index (κ3) is 3.28. The molecule has 1 aromatic heterocycles. The van der Waals surface area contributed by atoms with Crippen LogP contribution in [-0.2, 0) is 11.2 Å². The summed E-state index contributed by atoms with van der Waals surface area (Å²) in [4.78, 5) is 3.78. The van der Waals surface area contributed by atoms with E-state index in [0.29, 0.717) is 12.4 Å². The van der Waals surface area contributed by atoms with Crippen molar-refractivity contribution in [2.75, 3.05) is 19.0 Å². The normalized spacial score (nSPS) is 10.3. The molecule has 0 atom stereocenters. The lowest BCUT2D eigenvalue weighted by atomic mass is 10.1. The number of halogens is 1. The molecule has 18 heavy (non-hydrogen) atoms. The minimum Gasteiger partial charge on any atom is -0.384 e. The van der Waals surface area contributed by atoms with E-state index in [1.165, 1.54) is 6.07 Å². The lowest BCUT2D eigenvalue weighted by molar-refractivity contribution is 0.202. The number of nitrogens with one attached hydrogen (secondary N) is 1. The van der Waals surface area contributed by atoms with Gasteiger partial charge in [0, 0.05) is 12.8 Å². The van der Waals surface area contributed by atoms with E-state index in [-0.39, 0.29) is 0 Å². The van der Waals surface area contributed by atoms with Gasteiger partial charge in [0.25, 0.3) is 0 Å². The molecule has 94 valence electrons. The van der Waals surface area contributed by atoms with E-state index in [0.717, 1.165) is 17.7 Å². The maximum atomic E-state index is 13.0. The lowest BCUT2D eigenvalue weighted by Gasteiger charge is -2.11. The fourth-order valence-electron chi connectivity index (χ4n) is 1.69. The summed E-state index contributed by atoms with van der Waals surface area (Å²) in [5, 5.41) is 3.12. The molecule has 0 bridgehead atoms. The van der Waals surface area contributed by atoms with Crippen molar-refractivity contribution in [1.29, 1.82) is 0 Å². The van der Waals surface area contributed by atoms with Gasteiger partial charge >= 0.3 is 0 Å². The van der Waals surface area contributed by atoms with Gasteiger partial charge in [0.2, 0.25) is 5.95 Å². The molecule has 0 spiro atoms. The van der Waals surface area contributed by atoms with E-state index in [2.05, 4.69) is 10.3 Å². The number of rotatable bonds is 5. The molecule has 2 aromatic rings. The summed E-state index contributed by atoms with van der Waals surface area (Å²) < 4.78 is 18.1. The first-order chi connectivity index (χ1) is 8.79. The molecule has 0 unspecified atom stereocenters. The number of pyridine rings is 1. The van der Waals surface area contributed by atoms with E-state index in [4.69, 9.17) is 4.74 Å². The van der Waals surface area contributed by atoms with Crippen LogP contribution >= 0.6 is 0 Å². The molecule has 2 rings (SSSR count). The fraction of sp³-hybridized carbons (Fsp3) is 0.214. The number of benzene rings is 1. The zero-order valence-electron chi connectivity index (χ0n) is 10.2. The largest absolute Gasteiger partial charge is 0.384 e. The minimum absolute atomic E-state index is 0.491. The molecular formula is C14H15FN2O. The van der Waals surface area contributed by atoms with Crippen LogP contribution in [0.25, 0.3) is 0 Å². The Labute approximate surface area is 106 Å². The maximum absolute atomic E-state index is 13.0. The van der Waals surface area contributed by atoms with E-state index in [1.54, 1.807) is 19.2 Å². The molecule has 3 nitrogen and oxygen atoms in total. The van der Waals surface area contributed by atoms with Gasteiger partial charge in [-0.1, -0.05) is 24.3 Å². The topological polar surface area (TPSA) is 34.1 Å². The molecule has 0 saturated carbocycles. The van der Waals surface area contributed by atoms with Crippen molar-refractivity contribution in [2.45, 2.75) is 6.42 Å². The summed E-state index contributed by atoms with van der Waals surface area (Å²) in [7, 11) is 1.67. The Morgan fingerprint density at radius 1 is 1.17 bits per heavy atom. The molecule has 0 aliphatic heterocycles. The Morgan fingerprint density at radius 3 is 2.78 bits per heavy atom. The molecule has 0 fully saturated rings. The Hall–Kier alpha value is -1.94. The van der Waals surface area contributed by atoms with Crippen LogP contribution < -0.4 is 5.32 Å². The summed E-state index contributed by atoms with van der Waals surface area (Å²) >= 11 is 0. The smallest absolute Gasteiger partial charge is 0.214 e. The molecule has 0 saturated heterocycles. The number of hydrogen-bond acceptors (Lipinski definition) is 3. The standard InChI is InChI=1S/C14H15FN2O/c1-18-10-9-11-5-2-3-6-12(11)16-14-8-4-7-13(15)17-14/h2-8H,9-10H2,1H3,(H,16,17). The van der Waals surface area contributed by atoms with Crippen molar-refractivity contribution in [3.05, 3.63) is 54.0 Å². The first-order valence-corrected chi connectivity index (χ1v) is 5.76. The molecule has 1 aromatic carbocycles. The number of anilines is 2. The summed E-state index contributed by atoms with van der Waals surface area (Å²) in [6.45, 7) is 0.648. The molecule has 1 heterocycles. The summed E-state index contributed by atoms with van der Waals surface area (Å²) in [5.74, 6) is 0.00856. The van der Waals surface area contributed by atoms with Crippen LogP contribution in [0.15, 0.2) is 42.5 Å². The number of para-hydroxylation sites is 1. The van der Waals surface area contributed by atoms with Gasteiger partial charge in [-0.3, -0.25) is 0 Å². The van der Waals surface area contributed by atoms with Gasteiger partial charge in [0.1, 0.15) is 5.82 Å². The highest BCUT2D eigenvalue weighted by atomic mass is 19.1. The van der Waals surface area contributed by atoms with Crippen LogP contribution in [0.5, 0.6) is 0 Å². The van der Waals surface area contributed by atoms with Crippen LogP contribution in [0.4, 0.5) is 15.9 Å². The molecule has 0 aliphatic rings. The van der Waals surface area contributed by atoms with Crippen LogP contribution in [0.1, 0.15) is 5.56 Å². The average molecular weight is 246 g/mol. The van der Waals surface area contributed by atoms with Gasteiger partial charge in [0.15, 0.2) is 0 Å². The monoisotopic (exact) mass is 246 g/mol. The molecule has 0 amide bonds. The van der Waals surface area contributed by atoms with Gasteiger partial charge in [-0.05, 0) is 30.2 Å². The third-order valence-corrected chi connectivity index (χ3v) is 2.57. The number of nitrogens with zero attached hydrogens (tertiary/aromatic N) is 1. The second-order valence-electron chi connectivity index (χ2n) is 3.87. The van der Waals surface area contributed by atoms with E-state index in [9.17, 15) is 4.39 Å². The third-order valence-electron chi connectivity index (χ3n) is 2.57. The lowest BCUT2D eigenvalue weighted by Crippen LogP contribution is -2.01. The van der Waals surface area contributed by atoms with Crippen molar-refractivity contribution in [2.24, 2.45) is 0 Å². The zero-order valence-corrected chi connectivity index (χ0v) is 10.2.